The van der Waals surface area contributed by atoms with E-state index in [-0.39, 0.29) is 17.5 Å². The van der Waals surface area contributed by atoms with E-state index in [2.05, 4.69) is 9.97 Å². The lowest BCUT2D eigenvalue weighted by Crippen LogP contribution is -2.47. The van der Waals surface area contributed by atoms with E-state index in [1.54, 1.807) is 0 Å². The molecule has 0 spiro atoms. The number of amides is 1. The van der Waals surface area contributed by atoms with E-state index in [9.17, 15) is 33.8 Å². The number of carbonyl (C=O) groups is 1. The number of hydrogen-bond acceptors (Lipinski definition) is 8. The molecule has 1 saturated heterocycles. The van der Waals surface area contributed by atoms with Gasteiger partial charge in [-0.1, -0.05) is 0 Å². The third-order valence-corrected chi connectivity index (χ3v) is 5.59. The van der Waals surface area contributed by atoms with E-state index in [1.807, 2.05) is 4.98 Å². The molecule has 14 nitrogen and oxygen atoms in total. The number of nitrogens with two attached hydrogens (primary N) is 1. The summed E-state index contributed by atoms with van der Waals surface area (Å²) in [6.07, 6.45) is 0.387. The van der Waals surface area contributed by atoms with Crippen LogP contribution < -0.4 is 17.0 Å². The highest BCUT2D eigenvalue weighted by Gasteiger charge is 2.42. The number of aromatic amines is 2. The molecule has 2 aromatic heterocycles. The molecule has 30 heavy (non-hydrogen) atoms. The molecule has 2 aromatic rings. The molecule has 0 saturated carbocycles. The van der Waals surface area contributed by atoms with Gasteiger partial charge < -0.3 is 30.3 Å². The van der Waals surface area contributed by atoms with Gasteiger partial charge >= 0.3 is 13.4 Å². The lowest BCUT2D eigenvalue weighted by Gasteiger charge is -2.29. The summed E-state index contributed by atoms with van der Waals surface area (Å²) in [6, 6.07) is -0.195. The highest BCUT2D eigenvalue weighted by atomic mass is 31.2. The quantitative estimate of drug-likeness (QED) is 0.245. The molecular formula is C15H21N6O8P. The van der Waals surface area contributed by atoms with E-state index in [0.29, 0.717) is 5.69 Å². The molecule has 15 heteroatoms. The Balaban J connectivity index is 1.74. The third kappa shape index (κ3) is 4.92. The summed E-state index contributed by atoms with van der Waals surface area (Å²) >= 11 is 0. The molecular weight excluding hydrogens is 423 g/mol. The van der Waals surface area contributed by atoms with E-state index in [4.69, 9.17) is 10.5 Å². The predicted molar refractivity (Wildman–Crippen MR) is 99.9 cm³/mol. The van der Waals surface area contributed by atoms with Gasteiger partial charge in [0.2, 0.25) is 5.91 Å². The minimum atomic E-state index is -5.09. The predicted octanol–water partition coefficient (Wildman–Crippen LogP) is -2.60. The molecule has 3 heterocycles. The fourth-order valence-corrected chi connectivity index (χ4v) is 3.89. The number of imidazole rings is 1. The number of nitrogens with zero attached hydrogens (tertiary/aromatic N) is 3. The lowest BCUT2D eigenvalue weighted by molar-refractivity contribution is -0.131. The van der Waals surface area contributed by atoms with Crippen LogP contribution in [0, 0.1) is 0 Å². The van der Waals surface area contributed by atoms with Crippen molar-refractivity contribution in [2.75, 3.05) is 6.54 Å². The number of ether oxygens (including phenoxy) is 1. The van der Waals surface area contributed by atoms with Crippen LogP contribution in [-0.4, -0.2) is 69.8 Å². The number of hydrogen-bond donors (Lipinski definition) is 6. The van der Waals surface area contributed by atoms with Crippen LogP contribution in [0.2, 0.25) is 0 Å². The molecule has 1 unspecified atom stereocenters. The number of aliphatic hydroxyl groups is 1. The van der Waals surface area contributed by atoms with E-state index < -0.39 is 55.9 Å². The van der Waals surface area contributed by atoms with Gasteiger partial charge in [0, 0.05) is 37.0 Å². The van der Waals surface area contributed by atoms with Gasteiger partial charge in [0.05, 0.1) is 25.0 Å². The fourth-order valence-electron chi connectivity index (χ4n) is 3.11. The highest BCUT2D eigenvalue weighted by molar-refractivity contribution is 7.49. The van der Waals surface area contributed by atoms with Crippen LogP contribution in [0.5, 0.6) is 0 Å². The lowest BCUT2D eigenvalue weighted by atomic mass is 10.1. The first-order valence-electron chi connectivity index (χ1n) is 8.81. The Morgan fingerprint density at radius 1 is 1.47 bits per heavy atom. The zero-order chi connectivity index (χ0) is 22.1. The van der Waals surface area contributed by atoms with Crippen molar-refractivity contribution >= 4 is 13.7 Å². The maximum Gasteiger partial charge on any atom is 0.432 e. The molecule has 1 amide bonds. The van der Waals surface area contributed by atoms with Crippen molar-refractivity contribution in [3.8, 4) is 0 Å². The average molecular weight is 444 g/mol. The fraction of sp³-hybridized carbons (Fsp3) is 0.467. The van der Waals surface area contributed by atoms with Gasteiger partial charge in [0.25, 0.3) is 5.56 Å². The monoisotopic (exact) mass is 444 g/mol. The molecule has 0 bridgehead atoms. The van der Waals surface area contributed by atoms with Crippen molar-refractivity contribution in [2.45, 2.75) is 37.3 Å². The number of rotatable bonds is 7. The molecule has 0 radical (unpaired) electrons. The second-order valence-electron chi connectivity index (χ2n) is 6.77. The second-order valence-corrected chi connectivity index (χ2v) is 8.28. The summed E-state index contributed by atoms with van der Waals surface area (Å²) in [7, 11) is -5.09. The van der Waals surface area contributed by atoms with Crippen LogP contribution in [0.1, 0.15) is 18.3 Å². The molecule has 1 fully saturated rings. The second kappa shape index (κ2) is 8.63. The number of H-pyrrole nitrogens is 2. The van der Waals surface area contributed by atoms with Gasteiger partial charge in [-0.05, 0) is 0 Å². The smallest absolute Gasteiger partial charge is 0.390 e. The standard InChI is InChI=1S/C15H21N6O8P/c16-9(3-8-5-17-7-18-8)14(24)21(30(26,27)28)6-11-10(22)4-13(29-11)20-2-1-12(23)19-15(20)25/h1-2,5,7,9-11,13,22H,3-4,6,16H2,(H,17,18)(H,19,23,25)(H2,26,27,28)/t9-,10?,11-,13-/m0/s1. The Kier molecular flexibility index (Phi) is 6.36. The first kappa shape index (κ1) is 22.1. The summed E-state index contributed by atoms with van der Waals surface area (Å²) in [5.41, 5.74) is 4.91. The van der Waals surface area contributed by atoms with Crippen LogP contribution in [0.3, 0.4) is 0 Å². The topological polar surface area (TPSA) is 217 Å². The van der Waals surface area contributed by atoms with E-state index in [1.165, 1.54) is 18.7 Å². The molecule has 4 atom stereocenters. The number of carbonyl (C=O) groups excluding carboxylic acids is 1. The van der Waals surface area contributed by atoms with Gasteiger partial charge in [-0.15, -0.1) is 0 Å². The van der Waals surface area contributed by atoms with Crippen LogP contribution in [0.15, 0.2) is 34.4 Å². The zero-order valence-electron chi connectivity index (χ0n) is 15.5. The van der Waals surface area contributed by atoms with Crippen LogP contribution in [0.4, 0.5) is 0 Å². The zero-order valence-corrected chi connectivity index (χ0v) is 16.4. The van der Waals surface area contributed by atoms with Crippen LogP contribution in [-0.2, 0) is 20.5 Å². The minimum Gasteiger partial charge on any atom is -0.390 e. The van der Waals surface area contributed by atoms with Crippen LogP contribution in [0.25, 0.3) is 0 Å². The van der Waals surface area contributed by atoms with E-state index >= 15 is 0 Å². The number of aliphatic hydroxyl groups excluding tert-OH is 1. The SMILES string of the molecule is N[C@@H](Cc1cnc[nH]1)C(=O)N(C[C@@H]1O[C@H](n2ccc(=O)[nH]c2=O)CC1O)P(=O)(O)O. The number of nitrogens with one attached hydrogen (secondary N) is 2. The Hall–Kier alpha value is -2.61. The van der Waals surface area contributed by atoms with Gasteiger partial charge in [-0.25, -0.2) is 19.0 Å². The van der Waals surface area contributed by atoms with Crippen molar-refractivity contribution in [1.82, 2.24) is 24.2 Å². The van der Waals surface area contributed by atoms with Gasteiger partial charge in [0.15, 0.2) is 0 Å². The maximum absolute atomic E-state index is 12.6. The molecule has 7 N–H and O–H groups in total. The molecule has 0 aromatic carbocycles. The van der Waals surface area contributed by atoms with Crippen LogP contribution >= 0.6 is 7.75 Å². The summed E-state index contributed by atoms with van der Waals surface area (Å²) in [6.45, 7) is -0.657. The minimum absolute atomic E-state index is 0.0428. The van der Waals surface area contributed by atoms with Crippen molar-refractivity contribution in [2.24, 2.45) is 5.73 Å². The normalized spacial score (nSPS) is 22.7. The first-order valence-corrected chi connectivity index (χ1v) is 10.4. The first-order chi connectivity index (χ1) is 14.1. The van der Waals surface area contributed by atoms with Crippen molar-refractivity contribution in [3.63, 3.8) is 0 Å². The van der Waals surface area contributed by atoms with E-state index in [0.717, 1.165) is 10.6 Å². The van der Waals surface area contributed by atoms with Crippen molar-refractivity contribution in [3.05, 3.63) is 51.3 Å². The Morgan fingerprint density at radius 2 is 2.20 bits per heavy atom. The maximum atomic E-state index is 12.6. The molecule has 1 aliphatic rings. The largest absolute Gasteiger partial charge is 0.432 e. The van der Waals surface area contributed by atoms with Crippen molar-refractivity contribution < 1.29 is 29.0 Å². The summed E-state index contributed by atoms with van der Waals surface area (Å²) < 4.78 is 18.7. The summed E-state index contributed by atoms with van der Waals surface area (Å²) in [5, 5.41) is 10.3. The van der Waals surface area contributed by atoms with Crippen molar-refractivity contribution in [1.29, 1.82) is 0 Å². The Morgan fingerprint density at radius 3 is 2.80 bits per heavy atom. The third-order valence-electron chi connectivity index (χ3n) is 4.60. The average Bonchev–Trinajstić information content (AvgIpc) is 3.28. The van der Waals surface area contributed by atoms with Gasteiger partial charge in [0.1, 0.15) is 12.3 Å². The highest BCUT2D eigenvalue weighted by Crippen LogP contribution is 2.42. The summed E-state index contributed by atoms with van der Waals surface area (Å²) in [5.74, 6) is -1.04. The van der Waals surface area contributed by atoms with Gasteiger partial charge in [-0.3, -0.25) is 19.1 Å². The molecule has 3 rings (SSSR count). The summed E-state index contributed by atoms with van der Waals surface area (Å²) in [4.78, 5) is 63.5. The Bertz CT molecular complexity index is 1050. The molecule has 0 aliphatic carbocycles. The van der Waals surface area contributed by atoms with Gasteiger partial charge in [-0.2, -0.15) is 0 Å². The Labute approximate surface area is 168 Å². The number of aromatic nitrogens is 4. The molecule has 164 valence electrons. The molecule has 1 aliphatic heterocycles.